The molecule has 1 atom stereocenters. The lowest BCUT2D eigenvalue weighted by molar-refractivity contribution is -0.127. The maximum atomic E-state index is 13.7. The third kappa shape index (κ3) is 5.43. The number of benzene rings is 3. The first-order valence-corrected chi connectivity index (χ1v) is 13.1. The van der Waals surface area contributed by atoms with E-state index >= 15 is 0 Å². The Bertz CT molecular complexity index is 1520. The summed E-state index contributed by atoms with van der Waals surface area (Å²) in [6.07, 6.45) is 0.515. The maximum Gasteiger partial charge on any atom is 0.249 e. The number of alkyl halides is 1. The lowest BCUT2D eigenvalue weighted by Gasteiger charge is -2.25. The van der Waals surface area contributed by atoms with Crippen LogP contribution in [0.25, 0.3) is 10.9 Å². The van der Waals surface area contributed by atoms with E-state index in [4.69, 9.17) is 21.1 Å². The number of fused-ring (bicyclic) bond motifs is 2. The number of ether oxygens (including phenoxy) is 2. The standard InChI is InChI=1S/C30H29ClFN3O4/c1-19-22(13-14-32)29-23(31)9-6-10-25(29)35(19)17-28(36)33-24(15-20-7-4-3-5-8-20)30(37)34(2)21-11-12-26-27(16-21)39-18-38-26/h3-12,16,24H,13-15,17-18H2,1-2H3,(H,33,36). The van der Waals surface area contributed by atoms with Crippen LogP contribution in [-0.2, 0) is 29.0 Å². The molecule has 7 nitrogen and oxygen atoms in total. The lowest BCUT2D eigenvalue weighted by Crippen LogP contribution is -2.49. The van der Waals surface area contributed by atoms with Crippen molar-refractivity contribution in [3.63, 3.8) is 0 Å². The Morgan fingerprint density at radius 1 is 1.08 bits per heavy atom. The molecule has 5 rings (SSSR count). The quantitative estimate of drug-likeness (QED) is 0.310. The minimum atomic E-state index is -0.827. The number of rotatable bonds is 9. The van der Waals surface area contributed by atoms with Crippen molar-refractivity contribution in [1.29, 1.82) is 0 Å². The van der Waals surface area contributed by atoms with Crippen molar-refractivity contribution in [1.82, 2.24) is 9.88 Å². The third-order valence-electron chi connectivity index (χ3n) is 7.06. The van der Waals surface area contributed by atoms with Gasteiger partial charge < -0.3 is 24.3 Å². The molecule has 4 aromatic rings. The van der Waals surface area contributed by atoms with Crippen LogP contribution in [0.3, 0.4) is 0 Å². The van der Waals surface area contributed by atoms with Gasteiger partial charge in [-0.2, -0.15) is 0 Å². The summed E-state index contributed by atoms with van der Waals surface area (Å²) in [6, 6.07) is 19.4. The number of hydrogen-bond acceptors (Lipinski definition) is 4. The van der Waals surface area contributed by atoms with E-state index in [0.29, 0.717) is 28.6 Å². The zero-order valence-corrected chi connectivity index (χ0v) is 22.5. The van der Waals surface area contributed by atoms with Crippen molar-refractivity contribution in [2.45, 2.75) is 32.4 Å². The van der Waals surface area contributed by atoms with Gasteiger partial charge in [0.2, 0.25) is 18.6 Å². The number of amides is 2. The average molecular weight is 550 g/mol. The Kier molecular flexibility index (Phi) is 7.74. The van der Waals surface area contributed by atoms with Crippen molar-refractivity contribution in [2.75, 3.05) is 25.4 Å². The molecular formula is C30H29ClFN3O4. The zero-order valence-electron chi connectivity index (χ0n) is 21.7. The fourth-order valence-corrected chi connectivity index (χ4v) is 5.34. The number of anilines is 1. The predicted molar refractivity (Wildman–Crippen MR) is 149 cm³/mol. The van der Waals surface area contributed by atoms with Gasteiger partial charge in [-0.05, 0) is 42.3 Å². The minimum Gasteiger partial charge on any atom is -0.454 e. The van der Waals surface area contributed by atoms with E-state index in [-0.39, 0.29) is 31.6 Å². The smallest absolute Gasteiger partial charge is 0.249 e. The van der Waals surface area contributed by atoms with Crippen LogP contribution < -0.4 is 19.7 Å². The maximum absolute atomic E-state index is 13.7. The van der Waals surface area contributed by atoms with Crippen molar-refractivity contribution >= 4 is 40.0 Å². The number of hydrogen-bond donors (Lipinski definition) is 1. The number of nitrogens with one attached hydrogen (secondary N) is 1. The van der Waals surface area contributed by atoms with Crippen LogP contribution in [0, 0.1) is 6.92 Å². The normalized spacial score (nSPS) is 12.9. The second-order valence-corrected chi connectivity index (χ2v) is 9.87. The molecule has 1 unspecified atom stereocenters. The van der Waals surface area contributed by atoms with E-state index in [1.807, 2.05) is 47.9 Å². The molecule has 0 aliphatic carbocycles. The van der Waals surface area contributed by atoms with Gasteiger partial charge in [0, 0.05) is 42.7 Å². The number of aromatic nitrogens is 1. The molecule has 2 amide bonds. The van der Waals surface area contributed by atoms with Crippen molar-refractivity contribution in [3.8, 4) is 11.5 Å². The molecule has 0 saturated heterocycles. The zero-order chi connectivity index (χ0) is 27.5. The Balaban J connectivity index is 1.41. The first kappa shape index (κ1) is 26.6. The van der Waals surface area contributed by atoms with E-state index in [9.17, 15) is 14.0 Å². The molecule has 0 radical (unpaired) electrons. The molecule has 9 heteroatoms. The Hall–Kier alpha value is -4.04. The summed E-state index contributed by atoms with van der Waals surface area (Å²) in [5, 5.41) is 4.22. The summed E-state index contributed by atoms with van der Waals surface area (Å²) in [5.74, 6) is 0.570. The number of likely N-dealkylation sites (N-methyl/N-ethyl adjacent to an activating group) is 1. The molecule has 1 aliphatic heterocycles. The molecule has 0 bridgehead atoms. The van der Waals surface area contributed by atoms with E-state index < -0.39 is 12.7 Å². The van der Waals surface area contributed by atoms with E-state index in [0.717, 1.165) is 27.7 Å². The number of nitrogens with zero attached hydrogens (tertiary/aromatic N) is 2. The molecule has 202 valence electrons. The SMILES string of the molecule is Cc1c(CCF)c2c(Cl)cccc2n1CC(=O)NC(Cc1ccccc1)C(=O)N(C)c1ccc2c(c1)OCO2. The number of carbonyl (C=O) groups is 2. The fourth-order valence-electron chi connectivity index (χ4n) is 5.05. The molecule has 1 N–H and O–H groups in total. The van der Waals surface area contributed by atoms with E-state index in [1.165, 1.54) is 4.90 Å². The molecule has 39 heavy (non-hydrogen) atoms. The summed E-state index contributed by atoms with van der Waals surface area (Å²) in [6.45, 7) is 1.42. The van der Waals surface area contributed by atoms with Gasteiger partial charge in [-0.25, -0.2) is 0 Å². The van der Waals surface area contributed by atoms with Crippen molar-refractivity contribution in [2.24, 2.45) is 0 Å². The highest BCUT2D eigenvalue weighted by Gasteiger charge is 2.27. The van der Waals surface area contributed by atoms with Crippen LogP contribution in [0.15, 0.2) is 66.7 Å². The van der Waals surface area contributed by atoms with Gasteiger partial charge in [0.25, 0.3) is 0 Å². The third-order valence-corrected chi connectivity index (χ3v) is 7.38. The van der Waals surface area contributed by atoms with Gasteiger partial charge in [0.15, 0.2) is 11.5 Å². The Labute approximate surface area is 231 Å². The summed E-state index contributed by atoms with van der Waals surface area (Å²) < 4.78 is 26.0. The highest BCUT2D eigenvalue weighted by molar-refractivity contribution is 6.35. The Morgan fingerprint density at radius 3 is 2.62 bits per heavy atom. The highest BCUT2D eigenvalue weighted by Crippen LogP contribution is 2.35. The average Bonchev–Trinajstić information content (AvgIpc) is 3.51. The number of aryl methyl sites for hydroxylation is 1. The fraction of sp³-hybridized carbons (Fsp3) is 0.267. The molecule has 0 spiro atoms. The monoisotopic (exact) mass is 549 g/mol. The van der Waals surface area contributed by atoms with Gasteiger partial charge in [-0.1, -0.05) is 48.0 Å². The van der Waals surface area contributed by atoms with Crippen LogP contribution in [0.1, 0.15) is 16.8 Å². The summed E-state index contributed by atoms with van der Waals surface area (Å²) >= 11 is 6.46. The van der Waals surface area contributed by atoms with Gasteiger partial charge in [-0.3, -0.25) is 14.0 Å². The van der Waals surface area contributed by atoms with Crippen LogP contribution in [-0.4, -0.2) is 42.9 Å². The number of halogens is 2. The first-order valence-electron chi connectivity index (χ1n) is 12.7. The molecule has 1 aliphatic rings. The molecular weight excluding hydrogens is 521 g/mol. The minimum absolute atomic E-state index is 0.0404. The molecule has 0 saturated carbocycles. The van der Waals surface area contributed by atoms with E-state index in [2.05, 4.69) is 5.32 Å². The topological polar surface area (TPSA) is 72.8 Å². The summed E-state index contributed by atoms with van der Waals surface area (Å²) in [4.78, 5) is 28.7. The molecule has 1 aromatic heterocycles. The summed E-state index contributed by atoms with van der Waals surface area (Å²) in [7, 11) is 1.67. The predicted octanol–water partition coefficient (Wildman–Crippen LogP) is 5.23. The second-order valence-electron chi connectivity index (χ2n) is 9.47. The van der Waals surface area contributed by atoms with Crippen LogP contribution in [0.2, 0.25) is 5.02 Å². The number of carbonyl (C=O) groups excluding carboxylic acids is 2. The van der Waals surface area contributed by atoms with Crippen molar-refractivity contribution < 1.29 is 23.5 Å². The second kappa shape index (κ2) is 11.4. The largest absolute Gasteiger partial charge is 0.454 e. The first-order chi connectivity index (χ1) is 18.9. The van der Waals surface area contributed by atoms with Gasteiger partial charge in [-0.15, -0.1) is 0 Å². The van der Waals surface area contributed by atoms with Gasteiger partial charge in [0.05, 0.1) is 17.2 Å². The Morgan fingerprint density at radius 2 is 1.85 bits per heavy atom. The highest BCUT2D eigenvalue weighted by atomic mass is 35.5. The van der Waals surface area contributed by atoms with Gasteiger partial charge >= 0.3 is 0 Å². The van der Waals surface area contributed by atoms with Crippen molar-refractivity contribution in [3.05, 3.63) is 88.6 Å². The molecule has 3 aromatic carbocycles. The van der Waals surface area contributed by atoms with Crippen LogP contribution >= 0.6 is 11.6 Å². The summed E-state index contributed by atoms with van der Waals surface area (Å²) in [5.41, 5.74) is 3.84. The van der Waals surface area contributed by atoms with Crippen LogP contribution in [0.5, 0.6) is 11.5 Å². The lowest BCUT2D eigenvalue weighted by atomic mass is 10.0. The molecule has 0 fully saturated rings. The van der Waals surface area contributed by atoms with E-state index in [1.54, 1.807) is 37.4 Å². The molecule has 2 heterocycles. The van der Waals surface area contributed by atoms with Crippen LogP contribution in [0.4, 0.5) is 10.1 Å². The van der Waals surface area contributed by atoms with Gasteiger partial charge in [0.1, 0.15) is 12.6 Å².